The molecule has 0 heterocycles. The lowest BCUT2D eigenvalue weighted by Crippen LogP contribution is -2.17. The van der Waals surface area contributed by atoms with Gasteiger partial charge in [-0.05, 0) is 47.5 Å². The standard InChI is InChI=1S/C19H20N2/c1-14-7-9-18(10-8-14)21(2)13-17-11-15-5-3-4-6-16(15)12-19(17)20/h3-12H,13,20H2,1-2H3. The molecule has 0 saturated carbocycles. The van der Waals surface area contributed by atoms with Crippen LogP contribution in [0.1, 0.15) is 11.1 Å². The van der Waals surface area contributed by atoms with Gasteiger partial charge in [0.15, 0.2) is 0 Å². The van der Waals surface area contributed by atoms with Crippen molar-refractivity contribution in [3.63, 3.8) is 0 Å². The average molecular weight is 276 g/mol. The summed E-state index contributed by atoms with van der Waals surface area (Å²) in [6, 6.07) is 21.1. The van der Waals surface area contributed by atoms with Crippen molar-refractivity contribution in [1.82, 2.24) is 0 Å². The quantitative estimate of drug-likeness (QED) is 0.720. The van der Waals surface area contributed by atoms with Crippen LogP contribution in [-0.4, -0.2) is 7.05 Å². The number of hydrogen-bond acceptors (Lipinski definition) is 2. The van der Waals surface area contributed by atoms with Crippen molar-refractivity contribution in [2.45, 2.75) is 13.5 Å². The van der Waals surface area contributed by atoms with Gasteiger partial charge in [-0.3, -0.25) is 0 Å². The maximum Gasteiger partial charge on any atom is 0.0446 e. The molecule has 0 radical (unpaired) electrons. The molecule has 0 aliphatic rings. The molecule has 0 amide bonds. The van der Waals surface area contributed by atoms with E-state index in [2.05, 4.69) is 73.5 Å². The lowest BCUT2D eigenvalue weighted by Gasteiger charge is -2.21. The zero-order chi connectivity index (χ0) is 14.8. The van der Waals surface area contributed by atoms with Gasteiger partial charge in [0.25, 0.3) is 0 Å². The van der Waals surface area contributed by atoms with Crippen molar-refractivity contribution in [2.24, 2.45) is 0 Å². The fraction of sp³-hybridized carbons (Fsp3) is 0.158. The molecule has 0 saturated heterocycles. The minimum absolute atomic E-state index is 0.805. The van der Waals surface area contributed by atoms with E-state index in [9.17, 15) is 0 Å². The van der Waals surface area contributed by atoms with Crippen LogP contribution in [0.3, 0.4) is 0 Å². The van der Waals surface area contributed by atoms with Crippen molar-refractivity contribution in [1.29, 1.82) is 0 Å². The smallest absolute Gasteiger partial charge is 0.0446 e. The number of fused-ring (bicyclic) bond motifs is 1. The minimum atomic E-state index is 0.805. The lowest BCUT2D eigenvalue weighted by atomic mass is 10.0. The summed E-state index contributed by atoms with van der Waals surface area (Å²) in [4.78, 5) is 2.22. The van der Waals surface area contributed by atoms with Crippen molar-refractivity contribution >= 4 is 22.1 Å². The number of rotatable bonds is 3. The highest BCUT2D eigenvalue weighted by Gasteiger charge is 2.06. The van der Waals surface area contributed by atoms with Crippen molar-refractivity contribution in [3.05, 3.63) is 71.8 Å². The minimum Gasteiger partial charge on any atom is -0.398 e. The molecule has 21 heavy (non-hydrogen) atoms. The van der Waals surface area contributed by atoms with E-state index in [-0.39, 0.29) is 0 Å². The highest BCUT2D eigenvalue weighted by Crippen LogP contribution is 2.24. The maximum atomic E-state index is 6.21. The van der Waals surface area contributed by atoms with E-state index in [0.29, 0.717) is 0 Å². The normalized spacial score (nSPS) is 10.8. The van der Waals surface area contributed by atoms with Gasteiger partial charge in [-0.1, -0.05) is 42.0 Å². The van der Waals surface area contributed by atoms with Crippen LogP contribution in [-0.2, 0) is 6.54 Å². The first-order valence-corrected chi connectivity index (χ1v) is 7.18. The lowest BCUT2D eigenvalue weighted by molar-refractivity contribution is 0.926. The van der Waals surface area contributed by atoms with Crippen LogP contribution in [0.15, 0.2) is 60.7 Å². The van der Waals surface area contributed by atoms with E-state index in [1.54, 1.807) is 0 Å². The van der Waals surface area contributed by atoms with Gasteiger partial charge in [0.1, 0.15) is 0 Å². The monoisotopic (exact) mass is 276 g/mol. The summed E-state index contributed by atoms with van der Waals surface area (Å²) >= 11 is 0. The number of anilines is 2. The van der Waals surface area contributed by atoms with Crippen molar-refractivity contribution < 1.29 is 0 Å². The van der Waals surface area contributed by atoms with Crippen LogP contribution in [0, 0.1) is 6.92 Å². The van der Waals surface area contributed by atoms with Crippen molar-refractivity contribution in [3.8, 4) is 0 Å². The van der Waals surface area contributed by atoms with Crippen LogP contribution in [0.4, 0.5) is 11.4 Å². The van der Waals surface area contributed by atoms with E-state index >= 15 is 0 Å². The Labute approximate surface area is 125 Å². The van der Waals surface area contributed by atoms with Gasteiger partial charge in [0.2, 0.25) is 0 Å². The second-order valence-electron chi connectivity index (χ2n) is 5.59. The Kier molecular flexibility index (Phi) is 3.53. The maximum absolute atomic E-state index is 6.21. The largest absolute Gasteiger partial charge is 0.398 e. The molecule has 2 nitrogen and oxygen atoms in total. The fourth-order valence-corrected chi connectivity index (χ4v) is 2.59. The Morgan fingerprint density at radius 2 is 1.52 bits per heavy atom. The van der Waals surface area contributed by atoms with Gasteiger partial charge >= 0.3 is 0 Å². The molecule has 3 rings (SSSR count). The molecule has 2 N–H and O–H groups in total. The molecule has 0 bridgehead atoms. The number of nitrogens with two attached hydrogens (primary N) is 1. The molecule has 2 heteroatoms. The molecule has 106 valence electrons. The Morgan fingerprint density at radius 1 is 0.905 bits per heavy atom. The topological polar surface area (TPSA) is 29.3 Å². The summed E-state index contributed by atoms with van der Waals surface area (Å²) < 4.78 is 0. The molecule has 0 aliphatic carbocycles. The van der Waals surface area contributed by atoms with E-state index < -0.39 is 0 Å². The van der Waals surface area contributed by atoms with Crippen LogP contribution in [0.2, 0.25) is 0 Å². The zero-order valence-corrected chi connectivity index (χ0v) is 12.5. The average Bonchev–Trinajstić information content (AvgIpc) is 2.48. The molecule has 0 fully saturated rings. The van der Waals surface area contributed by atoms with Gasteiger partial charge in [-0.25, -0.2) is 0 Å². The third-order valence-corrected chi connectivity index (χ3v) is 3.89. The van der Waals surface area contributed by atoms with Gasteiger partial charge in [-0.15, -0.1) is 0 Å². The number of benzene rings is 3. The molecule has 0 unspecified atom stereocenters. The Morgan fingerprint density at radius 3 is 2.19 bits per heavy atom. The summed E-state index contributed by atoms with van der Waals surface area (Å²) in [6.07, 6.45) is 0. The molecule has 0 spiro atoms. The van der Waals surface area contributed by atoms with Crippen LogP contribution < -0.4 is 10.6 Å². The summed E-state index contributed by atoms with van der Waals surface area (Å²) in [7, 11) is 2.10. The molecule has 0 aliphatic heterocycles. The first kappa shape index (κ1) is 13.5. The Balaban J connectivity index is 1.90. The highest BCUT2D eigenvalue weighted by molar-refractivity contribution is 5.86. The van der Waals surface area contributed by atoms with Gasteiger partial charge in [-0.2, -0.15) is 0 Å². The fourth-order valence-electron chi connectivity index (χ4n) is 2.59. The van der Waals surface area contributed by atoms with E-state index in [1.165, 1.54) is 22.0 Å². The number of nitrogens with zero attached hydrogens (tertiary/aromatic N) is 1. The van der Waals surface area contributed by atoms with Crippen LogP contribution in [0.5, 0.6) is 0 Å². The number of hydrogen-bond donors (Lipinski definition) is 1. The molecular weight excluding hydrogens is 256 g/mol. The van der Waals surface area contributed by atoms with E-state index in [1.807, 2.05) is 6.07 Å². The molecule has 0 atom stereocenters. The van der Waals surface area contributed by atoms with Crippen LogP contribution in [0.25, 0.3) is 10.8 Å². The van der Waals surface area contributed by atoms with Gasteiger partial charge in [0.05, 0.1) is 0 Å². The predicted molar refractivity (Wildman–Crippen MR) is 91.6 cm³/mol. The summed E-state index contributed by atoms with van der Waals surface area (Å²) in [6.45, 7) is 2.91. The van der Waals surface area contributed by atoms with Crippen LogP contribution >= 0.6 is 0 Å². The van der Waals surface area contributed by atoms with Crippen molar-refractivity contribution in [2.75, 3.05) is 17.7 Å². The van der Waals surface area contributed by atoms with E-state index in [0.717, 1.165) is 17.8 Å². The second-order valence-corrected chi connectivity index (χ2v) is 5.59. The SMILES string of the molecule is Cc1ccc(N(C)Cc2cc3ccccc3cc2N)cc1. The van der Waals surface area contributed by atoms with Gasteiger partial charge in [0, 0.05) is 25.0 Å². The second kappa shape index (κ2) is 5.49. The first-order chi connectivity index (χ1) is 10.1. The molecule has 3 aromatic carbocycles. The summed E-state index contributed by atoms with van der Waals surface area (Å²) in [5, 5.41) is 2.43. The Bertz CT molecular complexity index is 760. The molecular formula is C19H20N2. The third-order valence-electron chi connectivity index (χ3n) is 3.89. The Hall–Kier alpha value is -2.48. The van der Waals surface area contributed by atoms with E-state index in [4.69, 9.17) is 5.73 Å². The summed E-state index contributed by atoms with van der Waals surface area (Å²) in [5.41, 5.74) is 10.7. The summed E-state index contributed by atoms with van der Waals surface area (Å²) in [5.74, 6) is 0. The zero-order valence-electron chi connectivity index (χ0n) is 12.5. The first-order valence-electron chi connectivity index (χ1n) is 7.18. The number of aryl methyl sites for hydroxylation is 1. The highest BCUT2D eigenvalue weighted by atomic mass is 15.1. The molecule has 0 aromatic heterocycles. The predicted octanol–water partition coefficient (Wildman–Crippen LogP) is 4.37. The van der Waals surface area contributed by atoms with Gasteiger partial charge < -0.3 is 10.6 Å². The third kappa shape index (κ3) is 2.84. The molecule has 3 aromatic rings. The number of nitrogen functional groups attached to an aromatic ring is 1.